The lowest BCUT2D eigenvalue weighted by Gasteiger charge is -2.28. The van der Waals surface area contributed by atoms with Gasteiger partial charge in [-0.3, -0.25) is 4.79 Å². The van der Waals surface area contributed by atoms with Crippen molar-refractivity contribution in [1.82, 2.24) is 10.2 Å². The van der Waals surface area contributed by atoms with Gasteiger partial charge in [0.1, 0.15) is 0 Å². The molecule has 0 aliphatic carbocycles. The van der Waals surface area contributed by atoms with Gasteiger partial charge in [0, 0.05) is 6.54 Å². The fraction of sp³-hybridized carbons (Fsp3) is 0.316. The maximum Gasteiger partial charge on any atom is 0.261 e. The van der Waals surface area contributed by atoms with Crippen LogP contribution >= 0.6 is 0 Å². The summed E-state index contributed by atoms with van der Waals surface area (Å²) in [6, 6.07) is 18.1. The van der Waals surface area contributed by atoms with Gasteiger partial charge in [-0.05, 0) is 38.2 Å². The highest BCUT2D eigenvalue weighted by atomic mass is 16.3. The predicted octanol–water partition coefficient (Wildman–Crippen LogP) is 1.99. The van der Waals surface area contributed by atoms with E-state index in [1.807, 2.05) is 50.5 Å². The summed E-state index contributed by atoms with van der Waals surface area (Å²) in [5.41, 5.74) is -0.548. The molecule has 1 amide bonds. The number of carbonyl (C=O) groups excluding carboxylic acids is 1. The Morgan fingerprint density at radius 1 is 1.00 bits per heavy atom. The fourth-order valence-electron chi connectivity index (χ4n) is 2.51. The number of rotatable bonds is 7. The van der Waals surface area contributed by atoms with E-state index >= 15 is 0 Å². The van der Waals surface area contributed by atoms with Crippen molar-refractivity contribution in [3.8, 4) is 0 Å². The second kappa shape index (κ2) is 7.90. The molecular weight excluding hydrogens is 288 g/mol. The van der Waals surface area contributed by atoms with Crippen LogP contribution in [0.15, 0.2) is 60.7 Å². The Hall–Kier alpha value is -2.17. The van der Waals surface area contributed by atoms with Crippen LogP contribution in [-0.4, -0.2) is 43.1 Å². The molecule has 0 aromatic heterocycles. The van der Waals surface area contributed by atoms with Crippen LogP contribution in [-0.2, 0) is 10.4 Å². The molecule has 0 heterocycles. The second-order valence-electron chi connectivity index (χ2n) is 5.86. The molecule has 2 aromatic rings. The Bertz CT molecular complexity index is 572. The van der Waals surface area contributed by atoms with E-state index in [-0.39, 0.29) is 0 Å². The van der Waals surface area contributed by atoms with E-state index in [0.717, 1.165) is 13.0 Å². The topological polar surface area (TPSA) is 52.6 Å². The third kappa shape index (κ3) is 4.18. The summed E-state index contributed by atoms with van der Waals surface area (Å²) < 4.78 is 0. The molecular formula is C19H24N2O2. The van der Waals surface area contributed by atoms with Crippen LogP contribution in [0.4, 0.5) is 0 Å². The summed E-state index contributed by atoms with van der Waals surface area (Å²) in [7, 11) is 3.98. The van der Waals surface area contributed by atoms with Gasteiger partial charge in [0.15, 0.2) is 5.60 Å². The number of hydrogen-bond acceptors (Lipinski definition) is 3. The molecule has 0 radical (unpaired) electrons. The van der Waals surface area contributed by atoms with E-state index in [4.69, 9.17) is 0 Å². The first-order valence-electron chi connectivity index (χ1n) is 7.81. The Morgan fingerprint density at radius 2 is 1.48 bits per heavy atom. The Balaban J connectivity index is 2.23. The van der Waals surface area contributed by atoms with Crippen LogP contribution in [0.5, 0.6) is 0 Å². The maximum absolute atomic E-state index is 12.7. The zero-order chi connectivity index (χ0) is 16.7. The van der Waals surface area contributed by atoms with Gasteiger partial charge in [-0.2, -0.15) is 0 Å². The molecule has 4 nitrogen and oxygen atoms in total. The van der Waals surface area contributed by atoms with Crippen molar-refractivity contribution in [3.05, 3.63) is 71.8 Å². The average Bonchev–Trinajstić information content (AvgIpc) is 2.59. The number of carbonyl (C=O) groups is 1. The van der Waals surface area contributed by atoms with Crippen molar-refractivity contribution in [2.45, 2.75) is 12.0 Å². The number of amides is 1. The van der Waals surface area contributed by atoms with Crippen molar-refractivity contribution in [2.75, 3.05) is 27.2 Å². The number of nitrogens with zero attached hydrogens (tertiary/aromatic N) is 1. The Labute approximate surface area is 137 Å². The third-order valence-corrected chi connectivity index (χ3v) is 3.78. The normalized spacial score (nSPS) is 11.5. The smallest absolute Gasteiger partial charge is 0.261 e. The van der Waals surface area contributed by atoms with Gasteiger partial charge in [0.25, 0.3) is 5.91 Å². The minimum absolute atomic E-state index is 0.395. The Morgan fingerprint density at radius 3 is 1.91 bits per heavy atom. The van der Waals surface area contributed by atoms with Crippen LogP contribution in [0.25, 0.3) is 0 Å². The summed E-state index contributed by atoms with van der Waals surface area (Å²) in [6.07, 6.45) is 0.832. The van der Waals surface area contributed by atoms with E-state index < -0.39 is 11.5 Å². The molecule has 122 valence electrons. The quantitative estimate of drug-likeness (QED) is 0.769. The van der Waals surface area contributed by atoms with Gasteiger partial charge >= 0.3 is 0 Å². The molecule has 0 saturated heterocycles. The molecule has 2 aromatic carbocycles. The summed E-state index contributed by atoms with van der Waals surface area (Å²) in [5, 5.41) is 14.1. The van der Waals surface area contributed by atoms with Crippen molar-refractivity contribution >= 4 is 5.91 Å². The van der Waals surface area contributed by atoms with E-state index in [0.29, 0.717) is 17.7 Å². The fourth-order valence-corrected chi connectivity index (χ4v) is 2.51. The summed E-state index contributed by atoms with van der Waals surface area (Å²) >= 11 is 0. The minimum atomic E-state index is -1.68. The average molecular weight is 312 g/mol. The van der Waals surface area contributed by atoms with Crippen molar-refractivity contribution in [2.24, 2.45) is 0 Å². The molecule has 4 heteroatoms. The first-order valence-corrected chi connectivity index (χ1v) is 7.81. The second-order valence-corrected chi connectivity index (χ2v) is 5.86. The predicted molar refractivity (Wildman–Crippen MR) is 92.1 cm³/mol. The number of hydrogen-bond donors (Lipinski definition) is 2. The highest BCUT2D eigenvalue weighted by Gasteiger charge is 2.39. The molecule has 0 saturated carbocycles. The lowest BCUT2D eigenvalue weighted by molar-refractivity contribution is -0.136. The van der Waals surface area contributed by atoms with E-state index in [9.17, 15) is 9.90 Å². The molecule has 0 bridgehead atoms. The molecule has 0 aliphatic heterocycles. The molecule has 23 heavy (non-hydrogen) atoms. The van der Waals surface area contributed by atoms with Gasteiger partial charge in [0.2, 0.25) is 0 Å². The minimum Gasteiger partial charge on any atom is -0.372 e. The zero-order valence-electron chi connectivity index (χ0n) is 13.7. The lowest BCUT2D eigenvalue weighted by Crippen LogP contribution is -2.46. The molecule has 0 fully saturated rings. The summed E-state index contributed by atoms with van der Waals surface area (Å²) in [4.78, 5) is 14.8. The summed E-state index contributed by atoms with van der Waals surface area (Å²) in [5.74, 6) is -0.395. The molecule has 0 aliphatic rings. The highest BCUT2D eigenvalue weighted by molar-refractivity contribution is 5.90. The number of aliphatic hydroxyl groups is 1. The molecule has 2 N–H and O–H groups in total. The van der Waals surface area contributed by atoms with Crippen LogP contribution in [0, 0.1) is 0 Å². The molecule has 2 rings (SSSR count). The lowest BCUT2D eigenvalue weighted by atomic mass is 9.85. The van der Waals surface area contributed by atoms with Gasteiger partial charge in [-0.25, -0.2) is 0 Å². The molecule has 0 unspecified atom stereocenters. The van der Waals surface area contributed by atoms with Crippen molar-refractivity contribution in [1.29, 1.82) is 0 Å². The zero-order valence-corrected chi connectivity index (χ0v) is 13.7. The van der Waals surface area contributed by atoms with Gasteiger partial charge < -0.3 is 15.3 Å². The van der Waals surface area contributed by atoms with Crippen molar-refractivity contribution < 1.29 is 9.90 Å². The third-order valence-electron chi connectivity index (χ3n) is 3.78. The van der Waals surface area contributed by atoms with Gasteiger partial charge in [-0.1, -0.05) is 60.7 Å². The van der Waals surface area contributed by atoms with Gasteiger partial charge in [0.05, 0.1) is 0 Å². The van der Waals surface area contributed by atoms with Crippen LogP contribution < -0.4 is 5.32 Å². The van der Waals surface area contributed by atoms with Gasteiger partial charge in [-0.15, -0.1) is 0 Å². The monoisotopic (exact) mass is 312 g/mol. The highest BCUT2D eigenvalue weighted by Crippen LogP contribution is 2.29. The maximum atomic E-state index is 12.7. The number of benzene rings is 2. The van der Waals surface area contributed by atoms with E-state index in [1.165, 1.54) is 0 Å². The molecule has 0 atom stereocenters. The van der Waals surface area contributed by atoms with Crippen LogP contribution in [0.3, 0.4) is 0 Å². The molecule has 0 spiro atoms. The van der Waals surface area contributed by atoms with E-state index in [1.54, 1.807) is 24.3 Å². The first kappa shape index (κ1) is 17.2. The SMILES string of the molecule is CN(C)CCCNC(=O)C(O)(c1ccccc1)c1ccccc1. The Kier molecular flexibility index (Phi) is 5.90. The van der Waals surface area contributed by atoms with Crippen LogP contribution in [0.2, 0.25) is 0 Å². The number of nitrogens with one attached hydrogen (secondary N) is 1. The van der Waals surface area contributed by atoms with Crippen molar-refractivity contribution in [3.63, 3.8) is 0 Å². The van der Waals surface area contributed by atoms with E-state index in [2.05, 4.69) is 10.2 Å². The summed E-state index contributed by atoms with van der Waals surface area (Å²) in [6.45, 7) is 1.41. The standard InChI is InChI=1S/C19H24N2O2/c1-21(2)15-9-14-20-18(22)19(23,16-10-5-3-6-11-16)17-12-7-4-8-13-17/h3-8,10-13,23H,9,14-15H2,1-2H3,(H,20,22). The largest absolute Gasteiger partial charge is 0.372 e. The first-order chi connectivity index (χ1) is 11.0. The van der Waals surface area contributed by atoms with Crippen LogP contribution in [0.1, 0.15) is 17.5 Å².